The van der Waals surface area contributed by atoms with Crippen molar-refractivity contribution in [2.45, 2.75) is 25.1 Å². The van der Waals surface area contributed by atoms with E-state index in [9.17, 15) is 13.2 Å². The predicted molar refractivity (Wildman–Crippen MR) is 115 cm³/mol. The van der Waals surface area contributed by atoms with E-state index in [-0.39, 0.29) is 12.0 Å². The van der Waals surface area contributed by atoms with Crippen LogP contribution in [-0.4, -0.2) is 83.6 Å². The Balaban J connectivity index is 1.47. The van der Waals surface area contributed by atoms with Crippen LogP contribution < -0.4 is 25.0 Å². The lowest BCUT2D eigenvalue weighted by molar-refractivity contribution is -0.143. The third-order valence-corrected chi connectivity index (χ3v) is 5.79. The lowest BCUT2D eigenvalue weighted by atomic mass is 10.1. The highest BCUT2D eigenvalue weighted by Crippen LogP contribution is 2.30. The molecule has 0 aromatic heterocycles. The van der Waals surface area contributed by atoms with Gasteiger partial charge in [-0.2, -0.15) is 13.2 Å². The maximum atomic E-state index is 12.6. The van der Waals surface area contributed by atoms with Crippen molar-refractivity contribution in [2.24, 2.45) is 10.9 Å². The Bertz CT molecular complexity index is 737. The summed E-state index contributed by atoms with van der Waals surface area (Å²) in [5.74, 6) is 2.37. The number of hydrogen-bond donors (Lipinski definition) is 2. The first-order valence-electron chi connectivity index (χ1n) is 10.5. The summed E-state index contributed by atoms with van der Waals surface area (Å²) in [5.41, 5.74) is 1.04. The molecular formula is C21H32F3N5O2. The van der Waals surface area contributed by atoms with Crippen LogP contribution in [0.1, 0.15) is 12.8 Å². The van der Waals surface area contributed by atoms with Gasteiger partial charge in [0, 0.05) is 63.2 Å². The number of aliphatic imine (C=N–C) groups is 1. The van der Waals surface area contributed by atoms with Crippen LogP contribution >= 0.6 is 0 Å². The summed E-state index contributed by atoms with van der Waals surface area (Å²) in [4.78, 5) is 8.02. The summed E-state index contributed by atoms with van der Waals surface area (Å²) in [5, 5.41) is 6.72. The molecule has 0 radical (unpaired) electrons. The fourth-order valence-electron chi connectivity index (χ4n) is 4.19. The number of nitrogens with one attached hydrogen (secondary N) is 2. The maximum absolute atomic E-state index is 12.6. The van der Waals surface area contributed by atoms with Crippen molar-refractivity contribution in [1.29, 1.82) is 0 Å². The zero-order chi connectivity index (χ0) is 22.4. The molecule has 2 fully saturated rings. The van der Waals surface area contributed by atoms with Gasteiger partial charge in [0.2, 0.25) is 0 Å². The van der Waals surface area contributed by atoms with Crippen molar-refractivity contribution in [2.75, 3.05) is 65.4 Å². The number of alkyl halides is 3. The van der Waals surface area contributed by atoms with E-state index >= 15 is 0 Å². The van der Waals surface area contributed by atoms with Crippen LogP contribution in [-0.2, 0) is 0 Å². The molecule has 2 aliphatic heterocycles. The number of likely N-dealkylation sites (tertiary alicyclic amines) is 1. The van der Waals surface area contributed by atoms with E-state index in [1.165, 1.54) is 4.90 Å². The molecule has 1 aromatic carbocycles. The molecule has 2 saturated heterocycles. The first kappa shape index (κ1) is 23.3. The molecule has 2 unspecified atom stereocenters. The number of benzene rings is 1. The average molecular weight is 444 g/mol. The van der Waals surface area contributed by atoms with E-state index in [0.29, 0.717) is 25.6 Å². The molecule has 2 heterocycles. The van der Waals surface area contributed by atoms with Crippen molar-refractivity contribution in [3.05, 3.63) is 18.2 Å². The van der Waals surface area contributed by atoms with Gasteiger partial charge in [-0.15, -0.1) is 0 Å². The third-order valence-electron chi connectivity index (χ3n) is 5.79. The standard InChI is InChI=1S/C21H32F3N5O2/c1-25-20(26-11-15-4-6-28(12-15)14-21(22,23)24)27-16-5-7-29(13-16)17-8-18(30-2)10-19(9-17)31-3/h8-10,15-16H,4-7,11-14H2,1-3H3,(H2,25,26,27). The number of halogens is 3. The fourth-order valence-corrected chi connectivity index (χ4v) is 4.19. The minimum Gasteiger partial charge on any atom is -0.497 e. The smallest absolute Gasteiger partial charge is 0.401 e. The number of hydrogen-bond acceptors (Lipinski definition) is 5. The summed E-state index contributed by atoms with van der Waals surface area (Å²) < 4.78 is 48.4. The van der Waals surface area contributed by atoms with Crippen molar-refractivity contribution < 1.29 is 22.6 Å². The first-order valence-corrected chi connectivity index (χ1v) is 10.5. The van der Waals surface area contributed by atoms with Gasteiger partial charge in [0.05, 0.1) is 20.8 Å². The normalized spacial score (nSPS) is 22.6. The SMILES string of the molecule is CN=C(NCC1CCN(CC(F)(F)F)C1)NC1CCN(c2cc(OC)cc(OC)c2)C1. The highest BCUT2D eigenvalue weighted by atomic mass is 19.4. The molecule has 1 aromatic rings. The number of nitrogens with zero attached hydrogens (tertiary/aromatic N) is 3. The van der Waals surface area contributed by atoms with Gasteiger partial charge in [-0.3, -0.25) is 9.89 Å². The quantitative estimate of drug-likeness (QED) is 0.498. The first-order chi connectivity index (χ1) is 14.8. The van der Waals surface area contributed by atoms with Crippen molar-refractivity contribution in [3.63, 3.8) is 0 Å². The van der Waals surface area contributed by atoms with E-state index in [2.05, 4.69) is 20.5 Å². The molecule has 7 nitrogen and oxygen atoms in total. The second-order valence-electron chi connectivity index (χ2n) is 8.10. The molecular weight excluding hydrogens is 411 g/mol. The van der Waals surface area contributed by atoms with Gasteiger partial charge in [0.15, 0.2) is 5.96 Å². The maximum Gasteiger partial charge on any atom is 0.401 e. The predicted octanol–water partition coefficient (Wildman–Crippen LogP) is 2.33. The summed E-state index contributed by atoms with van der Waals surface area (Å²) in [6, 6.07) is 6.05. The third kappa shape index (κ3) is 6.81. The van der Waals surface area contributed by atoms with Crippen LogP contribution in [0.25, 0.3) is 0 Å². The second-order valence-corrected chi connectivity index (χ2v) is 8.10. The van der Waals surface area contributed by atoms with E-state index in [4.69, 9.17) is 9.47 Å². The number of methoxy groups -OCH3 is 2. The molecule has 0 spiro atoms. The minimum atomic E-state index is -4.14. The van der Waals surface area contributed by atoms with E-state index in [1.54, 1.807) is 21.3 Å². The Morgan fingerprint density at radius 1 is 1.10 bits per heavy atom. The molecule has 3 rings (SSSR count). The van der Waals surface area contributed by atoms with E-state index in [0.717, 1.165) is 43.1 Å². The molecule has 31 heavy (non-hydrogen) atoms. The lowest BCUT2D eigenvalue weighted by Gasteiger charge is -2.22. The van der Waals surface area contributed by atoms with Crippen molar-refractivity contribution in [1.82, 2.24) is 15.5 Å². The van der Waals surface area contributed by atoms with Crippen molar-refractivity contribution in [3.8, 4) is 11.5 Å². The minimum absolute atomic E-state index is 0.185. The molecule has 2 N–H and O–H groups in total. The zero-order valence-electron chi connectivity index (χ0n) is 18.3. The van der Waals surface area contributed by atoms with Gasteiger partial charge in [-0.1, -0.05) is 0 Å². The fraction of sp³-hybridized carbons (Fsp3) is 0.667. The van der Waals surface area contributed by atoms with Gasteiger partial charge >= 0.3 is 6.18 Å². The molecule has 0 amide bonds. The van der Waals surface area contributed by atoms with Gasteiger partial charge in [-0.25, -0.2) is 0 Å². The number of guanidine groups is 1. The topological polar surface area (TPSA) is 61.4 Å². The van der Waals surface area contributed by atoms with Gasteiger partial charge in [0.1, 0.15) is 11.5 Å². The second kappa shape index (κ2) is 10.3. The van der Waals surface area contributed by atoms with E-state index < -0.39 is 12.7 Å². The van der Waals surface area contributed by atoms with Crippen LogP contribution in [0.5, 0.6) is 11.5 Å². The molecule has 2 atom stereocenters. The van der Waals surface area contributed by atoms with Crippen LogP contribution in [0.15, 0.2) is 23.2 Å². The molecule has 10 heteroatoms. The summed E-state index contributed by atoms with van der Waals surface area (Å²) >= 11 is 0. The Labute approximate surface area is 181 Å². The van der Waals surface area contributed by atoms with Gasteiger partial charge < -0.3 is 25.0 Å². The summed E-state index contributed by atoms with van der Waals surface area (Å²) in [6.45, 7) is 2.42. The highest BCUT2D eigenvalue weighted by Gasteiger charge is 2.34. The zero-order valence-corrected chi connectivity index (χ0v) is 18.3. The van der Waals surface area contributed by atoms with E-state index in [1.807, 2.05) is 18.2 Å². The highest BCUT2D eigenvalue weighted by molar-refractivity contribution is 5.80. The molecule has 174 valence electrons. The summed E-state index contributed by atoms with van der Waals surface area (Å²) in [7, 11) is 4.98. The Hall–Kier alpha value is -2.36. The van der Waals surface area contributed by atoms with Crippen LogP contribution in [0.3, 0.4) is 0 Å². The number of ether oxygens (including phenoxy) is 2. The van der Waals surface area contributed by atoms with Gasteiger partial charge in [0.25, 0.3) is 0 Å². The Morgan fingerprint density at radius 3 is 2.42 bits per heavy atom. The number of rotatable bonds is 7. The van der Waals surface area contributed by atoms with Gasteiger partial charge in [-0.05, 0) is 25.3 Å². The molecule has 0 saturated carbocycles. The molecule has 0 aliphatic carbocycles. The van der Waals surface area contributed by atoms with Crippen LogP contribution in [0, 0.1) is 5.92 Å². The Kier molecular flexibility index (Phi) is 7.74. The lowest BCUT2D eigenvalue weighted by Crippen LogP contribution is -2.46. The summed E-state index contributed by atoms with van der Waals surface area (Å²) in [6.07, 6.45) is -2.43. The Morgan fingerprint density at radius 2 is 1.81 bits per heavy atom. The molecule has 2 aliphatic rings. The molecule has 0 bridgehead atoms. The van der Waals surface area contributed by atoms with Crippen LogP contribution in [0.4, 0.5) is 18.9 Å². The van der Waals surface area contributed by atoms with Crippen molar-refractivity contribution >= 4 is 11.6 Å². The monoisotopic (exact) mass is 443 g/mol. The average Bonchev–Trinajstić information content (AvgIpc) is 3.38. The number of anilines is 1. The largest absolute Gasteiger partial charge is 0.497 e. The van der Waals surface area contributed by atoms with Crippen LogP contribution in [0.2, 0.25) is 0 Å².